The minimum atomic E-state index is -4.27. The van der Waals surface area contributed by atoms with E-state index in [1.807, 2.05) is 25.1 Å². The van der Waals surface area contributed by atoms with Gasteiger partial charge in [-0.15, -0.1) is 0 Å². The molecule has 100 valence electrons. The number of hydrogen-bond acceptors (Lipinski definition) is 0. The third-order valence-electron chi connectivity index (χ3n) is 2.91. The Balaban J connectivity index is 2.17. The highest BCUT2D eigenvalue weighted by atomic mass is 79.9. The maximum absolute atomic E-state index is 12.4. The number of rotatable bonds is 2. The highest BCUT2D eigenvalue weighted by Gasteiger charge is 2.29. The van der Waals surface area contributed by atoms with Gasteiger partial charge < -0.3 is 0 Å². The summed E-state index contributed by atoms with van der Waals surface area (Å²) in [4.78, 5) is 0. The van der Waals surface area contributed by atoms with Crippen LogP contribution < -0.4 is 0 Å². The fraction of sp³-hybridized carbons (Fsp3) is 0.200. The molecular weight excluding hydrogens is 317 g/mol. The molecule has 0 amide bonds. The van der Waals surface area contributed by atoms with Crippen LogP contribution in [0, 0.1) is 6.92 Å². The molecule has 2 aromatic rings. The predicted octanol–water partition coefficient (Wildman–Crippen LogP) is 5.37. The molecule has 0 spiro atoms. The molecule has 0 radical (unpaired) electrons. The quantitative estimate of drug-likeness (QED) is 0.695. The molecular formula is C15H12BrF3. The summed E-state index contributed by atoms with van der Waals surface area (Å²) < 4.78 is 38.3. The number of aryl methyl sites for hydroxylation is 1. The van der Waals surface area contributed by atoms with Crippen molar-refractivity contribution in [2.45, 2.75) is 19.5 Å². The lowest BCUT2D eigenvalue weighted by molar-refractivity contribution is -0.137. The first kappa shape index (κ1) is 14.1. The predicted molar refractivity (Wildman–Crippen MR) is 73.1 cm³/mol. The Hall–Kier alpha value is -1.29. The van der Waals surface area contributed by atoms with Crippen molar-refractivity contribution in [3.63, 3.8) is 0 Å². The summed E-state index contributed by atoms with van der Waals surface area (Å²) in [5, 5.41) is 0. The zero-order valence-electron chi connectivity index (χ0n) is 10.3. The molecule has 0 aromatic heterocycles. The number of halogens is 4. The lowest BCUT2D eigenvalue weighted by Gasteiger charge is -2.08. The summed E-state index contributed by atoms with van der Waals surface area (Å²) >= 11 is 3.42. The van der Waals surface area contributed by atoms with E-state index < -0.39 is 11.7 Å². The Bertz CT molecular complexity index is 571. The van der Waals surface area contributed by atoms with Crippen molar-refractivity contribution in [2.24, 2.45) is 0 Å². The fourth-order valence-corrected chi connectivity index (χ4v) is 2.11. The molecule has 0 aliphatic rings. The zero-order chi connectivity index (χ0) is 14.0. The average Bonchev–Trinajstić information content (AvgIpc) is 2.33. The van der Waals surface area contributed by atoms with Crippen LogP contribution in [0.5, 0.6) is 0 Å². The molecule has 0 unspecified atom stereocenters. The largest absolute Gasteiger partial charge is 0.416 e. The van der Waals surface area contributed by atoms with Gasteiger partial charge in [-0.05, 0) is 48.2 Å². The molecule has 0 N–H and O–H groups in total. The van der Waals surface area contributed by atoms with Crippen LogP contribution >= 0.6 is 15.9 Å². The van der Waals surface area contributed by atoms with E-state index in [0.717, 1.165) is 33.3 Å². The van der Waals surface area contributed by atoms with Crippen LogP contribution in [-0.4, -0.2) is 0 Å². The van der Waals surface area contributed by atoms with Gasteiger partial charge in [0, 0.05) is 4.47 Å². The van der Waals surface area contributed by atoms with Crippen LogP contribution in [0.15, 0.2) is 46.9 Å². The molecule has 0 bridgehead atoms. The van der Waals surface area contributed by atoms with E-state index in [1.165, 1.54) is 12.1 Å². The van der Waals surface area contributed by atoms with Gasteiger partial charge in [-0.1, -0.05) is 40.2 Å². The van der Waals surface area contributed by atoms with Crippen LogP contribution in [0.2, 0.25) is 0 Å². The summed E-state index contributed by atoms with van der Waals surface area (Å²) in [6.45, 7) is 1.99. The highest BCUT2D eigenvalue weighted by molar-refractivity contribution is 9.10. The standard InChI is InChI=1S/C15H12BrF3/c1-10-8-12(4-7-14(10)16)9-11-2-5-13(6-3-11)15(17,18)19/h2-8H,9H2,1H3. The lowest BCUT2D eigenvalue weighted by Crippen LogP contribution is -2.04. The van der Waals surface area contributed by atoms with Crippen LogP contribution in [0.1, 0.15) is 22.3 Å². The van der Waals surface area contributed by atoms with E-state index in [1.54, 1.807) is 0 Å². The molecule has 0 atom stereocenters. The molecule has 4 heteroatoms. The summed E-state index contributed by atoms with van der Waals surface area (Å²) in [6.07, 6.45) is -3.64. The van der Waals surface area contributed by atoms with Crippen molar-refractivity contribution < 1.29 is 13.2 Å². The molecule has 0 aliphatic heterocycles. The number of benzene rings is 2. The molecule has 0 fully saturated rings. The van der Waals surface area contributed by atoms with Gasteiger partial charge in [-0.3, -0.25) is 0 Å². The SMILES string of the molecule is Cc1cc(Cc2ccc(C(F)(F)F)cc2)ccc1Br. The molecule has 19 heavy (non-hydrogen) atoms. The van der Waals surface area contributed by atoms with E-state index in [4.69, 9.17) is 0 Å². The van der Waals surface area contributed by atoms with Crippen molar-refractivity contribution >= 4 is 15.9 Å². The summed E-state index contributed by atoms with van der Waals surface area (Å²) in [5.41, 5.74) is 2.46. The third kappa shape index (κ3) is 3.60. The Labute approximate surface area is 118 Å². The van der Waals surface area contributed by atoms with Gasteiger partial charge in [0.05, 0.1) is 5.56 Å². The first-order valence-electron chi connectivity index (χ1n) is 5.77. The minimum Gasteiger partial charge on any atom is -0.166 e. The average molecular weight is 329 g/mol. The van der Waals surface area contributed by atoms with Gasteiger partial charge >= 0.3 is 6.18 Å². The van der Waals surface area contributed by atoms with E-state index in [2.05, 4.69) is 15.9 Å². The fourth-order valence-electron chi connectivity index (χ4n) is 1.86. The van der Waals surface area contributed by atoms with Gasteiger partial charge in [0.15, 0.2) is 0 Å². The zero-order valence-corrected chi connectivity index (χ0v) is 11.8. The van der Waals surface area contributed by atoms with Gasteiger partial charge in [0.2, 0.25) is 0 Å². The molecule has 2 aromatic carbocycles. The van der Waals surface area contributed by atoms with Crippen LogP contribution in [0.3, 0.4) is 0 Å². The van der Waals surface area contributed by atoms with Gasteiger partial charge in [-0.25, -0.2) is 0 Å². The Kier molecular flexibility index (Phi) is 3.99. The van der Waals surface area contributed by atoms with Crippen molar-refractivity contribution in [1.82, 2.24) is 0 Å². The monoisotopic (exact) mass is 328 g/mol. The molecule has 0 aliphatic carbocycles. The van der Waals surface area contributed by atoms with Gasteiger partial charge in [0.1, 0.15) is 0 Å². The Morgan fingerprint density at radius 3 is 2.05 bits per heavy atom. The highest BCUT2D eigenvalue weighted by Crippen LogP contribution is 2.29. The minimum absolute atomic E-state index is 0.608. The van der Waals surface area contributed by atoms with Crippen LogP contribution in [0.4, 0.5) is 13.2 Å². The Morgan fingerprint density at radius 1 is 0.947 bits per heavy atom. The van der Waals surface area contributed by atoms with Crippen molar-refractivity contribution in [1.29, 1.82) is 0 Å². The van der Waals surface area contributed by atoms with Gasteiger partial charge in [-0.2, -0.15) is 13.2 Å². The number of alkyl halides is 3. The molecule has 0 heterocycles. The Morgan fingerprint density at radius 2 is 1.53 bits per heavy atom. The molecule has 2 rings (SSSR count). The van der Waals surface area contributed by atoms with E-state index in [9.17, 15) is 13.2 Å². The third-order valence-corrected chi connectivity index (χ3v) is 3.80. The first-order chi connectivity index (χ1) is 8.86. The van der Waals surface area contributed by atoms with E-state index in [-0.39, 0.29) is 0 Å². The van der Waals surface area contributed by atoms with Crippen molar-refractivity contribution in [3.8, 4) is 0 Å². The molecule has 0 saturated carbocycles. The topological polar surface area (TPSA) is 0 Å². The van der Waals surface area contributed by atoms with Gasteiger partial charge in [0.25, 0.3) is 0 Å². The number of hydrogen-bond donors (Lipinski definition) is 0. The second-order valence-electron chi connectivity index (χ2n) is 4.45. The second kappa shape index (κ2) is 5.37. The van der Waals surface area contributed by atoms with E-state index >= 15 is 0 Å². The summed E-state index contributed by atoms with van der Waals surface area (Å²) in [5.74, 6) is 0. The maximum Gasteiger partial charge on any atom is 0.416 e. The summed E-state index contributed by atoms with van der Waals surface area (Å²) in [7, 11) is 0. The smallest absolute Gasteiger partial charge is 0.166 e. The van der Waals surface area contributed by atoms with E-state index in [0.29, 0.717) is 6.42 Å². The lowest BCUT2D eigenvalue weighted by atomic mass is 10.0. The van der Waals surface area contributed by atoms with Crippen LogP contribution in [0.25, 0.3) is 0 Å². The molecule has 0 saturated heterocycles. The second-order valence-corrected chi connectivity index (χ2v) is 5.31. The first-order valence-corrected chi connectivity index (χ1v) is 6.57. The van der Waals surface area contributed by atoms with Crippen molar-refractivity contribution in [3.05, 3.63) is 69.2 Å². The van der Waals surface area contributed by atoms with Crippen molar-refractivity contribution in [2.75, 3.05) is 0 Å². The molecule has 0 nitrogen and oxygen atoms in total. The maximum atomic E-state index is 12.4. The summed E-state index contributed by atoms with van der Waals surface area (Å²) in [6, 6.07) is 11.3. The normalized spacial score (nSPS) is 11.6. The van der Waals surface area contributed by atoms with Crippen LogP contribution in [-0.2, 0) is 12.6 Å².